The highest BCUT2D eigenvalue weighted by Crippen LogP contribution is 2.32. The first-order valence-electron chi connectivity index (χ1n) is 4.36. The van der Waals surface area contributed by atoms with Crippen LogP contribution in [-0.2, 0) is 11.0 Å². The third kappa shape index (κ3) is 3.48. The molecule has 1 aromatic carbocycles. The minimum atomic E-state index is -4.36. The number of allylic oxidation sites excluding steroid dienone is 1. The lowest BCUT2D eigenvalue weighted by atomic mass is 10.1. The van der Waals surface area contributed by atoms with Crippen LogP contribution >= 0.6 is 15.9 Å². The fourth-order valence-electron chi connectivity index (χ4n) is 1.05. The summed E-state index contributed by atoms with van der Waals surface area (Å²) in [6, 6.07) is 3.27. The van der Waals surface area contributed by atoms with E-state index in [9.17, 15) is 18.0 Å². The maximum absolute atomic E-state index is 12.3. The summed E-state index contributed by atoms with van der Waals surface area (Å²) in [6.45, 7) is 1.37. The Balaban J connectivity index is 3.05. The van der Waals surface area contributed by atoms with E-state index in [1.54, 1.807) is 0 Å². The highest BCUT2D eigenvalue weighted by Gasteiger charge is 2.30. The quantitative estimate of drug-likeness (QED) is 0.751. The van der Waals surface area contributed by atoms with Crippen LogP contribution in [0.15, 0.2) is 28.7 Å². The van der Waals surface area contributed by atoms with E-state index in [1.165, 1.54) is 25.1 Å². The van der Waals surface area contributed by atoms with E-state index in [-0.39, 0.29) is 5.78 Å². The molecule has 0 aliphatic heterocycles. The zero-order valence-electron chi connectivity index (χ0n) is 8.31. The molecular weight excluding hydrogens is 285 g/mol. The number of alkyl halides is 3. The third-order valence-corrected chi connectivity index (χ3v) is 2.51. The largest absolute Gasteiger partial charge is 0.416 e. The van der Waals surface area contributed by atoms with Gasteiger partial charge in [-0.25, -0.2) is 0 Å². The van der Waals surface area contributed by atoms with Gasteiger partial charge in [0.15, 0.2) is 5.78 Å². The number of benzene rings is 1. The molecule has 0 atom stereocenters. The molecule has 86 valence electrons. The van der Waals surface area contributed by atoms with Crippen molar-refractivity contribution in [3.63, 3.8) is 0 Å². The van der Waals surface area contributed by atoms with Gasteiger partial charge in [-0.05, 0) is 30.7 Å². The van der Waals surface area contributed by atoms with Crippen LogP contribution in [0, 0.1) is 0 Å². The lowest BCUT2D eigenvalue weighted by Gasteiger charge is -2.07. The molecular formula is C11H8BrF3O. The van der Waals surface area contributed by atoms with Crippen molar-refractivity contribution in [2.24, 2.45) is 0 Å². The Kier molecular flexibility index (Phi) is 3.91. The monoisotopic (exact) mass is 292 g/mol. The first-order chi connectivity index (χ1) is 7.30. The Labute approximate surface area is 99.1 Å². The van der Waals surface area contributed by atoms with Gasteiger partial charge in [0.25, 0.3) is 0 Å². The van der Waals surface area contributed by atoms with Crippen molar-refractivity contribution >= 4 is 27.8 Å². The minimum Gasteiger partial charge on any atom is -0.295 e. The van der Waals surface area contributed by atoms with Gasteiger partial charge in [-0.2, -0.15) is 13.2 Å². The summed E-state index contributed by atoms with van der Waals surface area (Å²) < 4.78 is 37.3. The van der Waals surface area contributed by atoms with Gasteiger partial charge < -0.3 is 0 Å². The van der Waals surface area contributed by atoms with Crippen molar-refractivity contribution in [3.8, 4) is 0 Å². The predicted molar refractivity (Wildman–Crippen MR) is 58.9 cm³/mol. The van der Waals surface area contributed by atoms with Crippen molar-refractivity contribution in [1.82, 2.24) is 0 Å². The first-order valence-corrected chi connectivity index (χ1v) is 5.15. The molecule has 5 heteroatoms. The molecule has 1 nitrogen and oxygen atoms in total. The van der Waals surface area contributed by atoms with Gasteiger partial charge in [0.05, 0.1) is 5.56 Å². The molecule has 0 heterocycles. The molecule has 0 bridgehead atoms. The summed E-state index contributed by atoms with van der Waals surface area (Å²) in [5.74, 6) is -0.160. The van der Waals surface area contributed by atoms with Crippen LogP contribution in [0.25, 0.3) is 6.08 Å². The van der Waals surface area contributed by atoms with Crippen LogP contribution in [0.4, 0.5) is 13.2 Å². The van der Waals surface area contributed by atoms with Gasteiger partial charge in [-0.1, -0.05) is 28.1 Å². The van der Waals surface area contributed by atoms with Crippen LogP contribution < -0.4 is 0 Å². The van der Waals surface area contributed by atoms with Crippen LogP contribution in [0.2, 0.25) is 0 Å². The highest BCUT2D eigenvalue weighted by atomic mass is 79.9. The van der Waals surface area contributed by atoms with Crippen LogP contribution in [0.1, 0.15) is 18.1 Å². The molecule has 0 N–H and O–H groups in total. The topological polar surface area (TPSA) is 17.1 Å². The van der Waals surface area contributed by atoms with Gasteiger partial charge in [-0.3, -0.25) is 4.79 Å². The number of hydrogen-bond acceptors (Lipinski definition) is 1. The number of halogens is 4. The van der Waals surface area contributed by atoms with E-state index in [1.807, 2.05) is 0 Å². The summed E-state index contributed by atoms with van der Waals surface area (Å²) in [5, 5.41) is 0. The average molecular weight is 293 g/mol. The van der Waals surface area contributed by atoms with Gasteiger partial charge in [0.2, 0.25) is 0 Å². The molecule has 0 radical (unpaired) electrons. The van der Waals surface area contributed by atoms with E-state index < -0.39 is 11.7 Å². The van der Waals surface area contributed by atoms with Crippen molar-refractivity contribution in [2.45, 2.75) is 13.1 Å². The van der Waals surface area contributed by atoms with Crippen molar-refractivity contribution in [3.05, 3.63) is 39.9 Å². The van der Waals surface area contributed by atoms with Crippen LogP contribution in [0.5, 0.6) is 0 Å². The molecule has 0 saturated heterocycles. The second kappa shape index (κ2) is 4.82. The van der Waals surface area contributed by atoms with E-state index in [2.05, 4.69) is 15.9 Å². The summed E-state index contributed by atoms with van der Waals surface area (Å²) in [7, 11) is 0. The molecule has 0 spiro atoms. The molecule has 16 heavy (non-hydrogen) atoms. The standard InChI is InChI=1S/C11H8BrF3O/c1-7(16)2-3-8-4-5-9(6-10(8)12)11(13,14)15/h2-6H,1H3/b3-2+. The lowest BCUT2D eigenvalue weighted by Crippen LogP contribution is -2.04. The number of rotatable bonds is 2. The lowest BCUT2D eigenvalue weighted by molar-refractivity contribution is -0.137. The fraction of sp³-hybridized carbons (Fsp3) is 0.182. The Bertz CT molecular complexity index is 435. The molecule has 1 aromatic rings. The minimum absolute atomic E-state index is 0.160. The van der Waals surface area contributed by atoms with Crippen molar-refractivity contribution < 1.29 is 18.0 Å². The Morgan fingerprint density at radius 2 is 2.00 bits per heavy atom. The molecule has 0 aliphatic rings. The summed E-state index contributed by atoms with van der Waals surface area (Å²) in [5.41, 5.74) is -0.192. The maximum atomic E-state index is 12.3. The molecule has 0 amide bonds. The molecule has 0 fully saturated rings. The predicted octanol–water partition coefficient (Wildman–Crippen LogP) is 4.07. The molecule has 0 aliphatic carbocycles. The number of carbonyl (C=O) groups excluding carboxylic acids is 1. The summed E-state index contributed by atoms with van der Waals surface area (Å²) in [4.78, 5) is 10.7. The molecule has 0 aromatic heterocycles. The van der Waals surface area contributed by atoms with Crippen LogP contribution in [-0.4, -0.2) is 5.78 Å². The second-order valence-corrected chi connectivity index (χ2v) is 4.03. The van der Waals surface area contributed by atoms with Gasteiger partial charge in [0.1, 0.15) is 0 Å². The molecule has 0 unspecified atom stereocenters. The van der Waals surface area contributed by atoms with Gasteiger partial charge in [0, 0.05) is 4.47 Å². The van der Waals surface area contributed by atoms with Crippen LogP contribution in [0.3, 0.4) is 0 Å². The number of carbonyl (C=O) groups is 1. The second-order valence-electron chi connectivity index (χ2n) is 3.18. The average Bonchev–Trinajstić information content (AvgIpc) is 2.14. The normalized spacial score (nSPS) is 12.1. The van der Waals surface area contributed by atoms with Gasteiger partial charge >= 0.3 is 6.18 Å². The molecule has 0 saturated carbocycles. The van der Waals surface area contributed by atoms with Crippen molar-refractivity contribution in [2.75, 3.05) is 0 Å². The van der Waals surface area contributed by atoms with E-state index in [0.29, 0.717) is 10.0 Å². The number of hydrogen-bond donors (Lipinski definition) is 0. The summed E-state index contributed by atoms with van der Waals surface area (Å²) in [6.07, 6.45) is -1.59. The zero-order chi connectivity index (χ0) is 12.3. The summed E-state index contributed by atoms with van der Waals surface area (Å²) >= 11 is 3.03. The van der Waals surface area contributed by atoms with E-state index in [4.69, 9.17) is 0 Å². The Hall–Kier alpha value is -1.10. The smallest absolute Gasteiger partial charge is 0.295 e. The van der Waals surface area contributed by atoms with Crippen molar-refractivity contribution in [1.29, 1.82) is 0 Å². The third-order valence-electron chi connectivity index (χ3n) is 1.83. The highest BCUT2D eigenvalue weighted by molar-refractivity contribution is 9.10. The molecule has 1 rings (SSSR count). The SMILES string of the molecule is CC(=O)/C=C/c1ccc(C(F)(F)F)cc1Br. The zero-order valence-corrected chi connectivity index (χ0v) is 9.89. The number of ketones is 1. The maximum Gasteiger partial charge on any atom is 0.416 e. The van der Waals surface area contributed by atoms with E-state index in [0.717, 1.165) is 12.1 Å². The first kappa shape index (κ1) is 13.0. The van der Waals surface area contributed by atoms with E-state index >= 15 is 0 Å². The fourth-order valence-corrected chi connectivity index (χ4v) is 1.56. The Morgan fingerprint density at radius 1 is 1.38 bits per heavy atom. The Morgan fingerprint density at radius 3 is 2.44 bits per heavy atom. The van der Waals surface area contributed by atoms with Gasteiger partial charge in [-0.15, -0.1) is 0 Å².